The van der Waals surface area contributed by atoms with E-state index < -0.39 is 0 Å². The molecule has 0 amide bonds. The minimum Gasteiger partial charge on any atom is -0.486 e. The van der Waals surface area contributed by atoms with Crippen LogP contribution < -0.4 is 10.1 Å². The number of benzene rings is 1. The first kappa shape index (κ1) is 13.5. The Kier molecular flexibility index (Phi) is 3.94. The summed E-state index contributed by atoms with van der Waals surface area (Å²) in [6.45, 7) is 1.30. The van der Waals surface area contributed by atoms with Gasteiger partial charge in [0.15, 0.2) is 0 Å². The molecule has 2 aromatic rings. The summed E-state index contributed by atoms with van der Waals surface area (Å²) in [4.78, 5) is 4.20. The van der Waals surface area contributed by atoms with Crippen LogP contribution in [0.15, 0.2) is 30.7 Å². The van der Waals surface area contributed by atoms with Gasteiger partial charge in [0.05, 0.1) is 23.2 Å². The Morgan fingerprint density at radius 2 is 2.30 bits per heavy atom. The number of nitrogens with zero attached hydrogens (tertiary/aromatic N) is 2. The normalized spacial score (nSPS) is 14.5. The third-order valence-corrected chi connectivity index (χ3v) is 3.73. The molecule has 1 aliphatic carbocycles. The number of aromatic nitrogens is 2. The molecule has 20 heavy (non-hydrogen) atoms. The number of hydrogen-bond donors (Lipinski definition) is 1. The summed E-state index contributed by atoms with van der Waals surface area (Å²) < 4.78 is 8.02. The Labute approximate surface area is 123 Å². The number of ether oxygens (including phenoxy) is 1. The summed E-state index contributed by atoms with van der Waals surface area (Å²) in [7, 11) is 1.91. The standard InChI is InChI=1S/C15H18ClN3O/c1-17-7-11-2-5-15(14(16)6-11)20-9-13-8-18-10-19(13)12-3-4-12/h2,5-6,8,10,12,17H,3-4,7,9H2,1H3. The molecule has 0 unspecified atom stereocenters. The number of rotatable bonds is 6. The molecule has 4 nitrogen and oxygen atoms in total. The van der Waals surface area contributed by atoms with Crippen molar-refractivity contribution in [2.24, 2.45) is 0 Å². The first-order valence-electron chi connectivity index (χ1n) is 6.84. The van der Waals surface area contributed by atoms with Crippen LogP contribution in [0.3, 0.4) is 0 Å². The van der Waals surface area contributed by atoms with Crippen LogP contribution in [0.5, 0.6) is 5.75 Å². The van der Waals surface area contributed by atoms with E-state index in [1.165, 1.54) is 12.8 Å². The molecular weight excluding hydrogens is 274 g/mol. The van der Waals surface area contributed by atoms with Crippen LogP contribution in [-0.2, 0) is 13.2 Å². The Balaban J connectivity index is 1.67. The molecule has 0 aliphatic heterocycles. The third-order valence-electron chi connectivity index (χ3n) is 3.44. The quantitative estimate of drug-likeness (QED) is 0.888. The van der Waals surface area contributed by atoms with Gasteiger partial charge < -0.3 is 14.6 Å². The fourth-order valence-electron chi connectivity index (χ4n) is 2.25. The van der Waals surface area contributed by atoms with Crippen LogP contribution >= 0.6 is 11.6 Å². The van der Waals surface area contributed by atoms with Gasteiger partial charge in [-0.15, -0.1) is 0 Å². The van der Waals surface area contributed by atoms with Crippen molar-refractivity contribution in [3.63, 3.8) is 0 Å². The number of hydrogen-bond acceptors (Lipinski definition) is 3. The molecule has 0 bridgehead atoms. The molecule has 1 saturated carbocycles. The first-order valence-corrected chi connectivity index (χ1v) is 7.22. The molecule has 1 fully saturated rings. The number of imidazole rings is 1. The Morgan fingerprint density at radius 1 is 1.45 bits per heavy atom. The molecule has 1 N–H and O–H groups in total. The van der Waals surface area contributed by atoms with Gasteiger partial charge in [0.1, 0.15) is 12.4 Å². The highest BCUT2D eigenvalue weighted by Crippen LogP contribution is 2.36. The second kappa shape index (κ2) is 5.85. The summed E-state index contributed by atoms with van der Waals surface area (Å²) in [6.07, 6.45) is 6.22. The van der Waals surface area contributed by atoms with Crippen molar-refractivity contribution in [3.05, 3.63) is 47.0 Å². The summed E-state index contributed by atoms with van der Waals surface area (Å²) in [5, 5.41) is 3.75. The fraction of sp³-hybridized carbons (Fsp3) is 0.400. The van der Waals surface area contributed by atoms with Gasteiger partial charge in [0, 0.05) is 12.6 Å². The topological polar surface area (TPSA) is 39.1 Å². The molecule has 1 heterocycles. The Morgan fingerprint density at radius 3 is 3.00 bits per heavy atom. The van der Waals surface area contributed by atoms with Gasteiger partial charge in [-0.3, -0.25) is 0 Å². The summed E-state index contributed by atoms with van der Waals surface area (Å²) in [5.74, 6) is 0.718. The third kappa shape index (κ3) is 2.97. The lowest BCUT2D eigenvalue weighted by Gasteiger charge is -2.11. The van der Waals surface area contributed by atoms with Crippen LogP contribution in [0.2, 0.25) is 5.02 Å². The minimum atomic E-state index is 0.502. The summed E-state index contributed by atoms with van der Waals surface area (Å²) in [6, 6.07) is 6.50. The van der Waals surface area contributed by atoms with Crippen LogP contribution in [0, 0.1) is 0 Å². The highest BCUT2D eigenvalue weighted by Gasteiger charge is 2.25. The van der Waals surface area contributed by atoms with Gasteiger partial charge in [-0.25, -0.2) is 4.98 Å². The largest absolute Gasteiger partial charge is 0.486 e. The molecule has 0 atom stereocenters. The van der Waals surface area contributed by atoms with E-state index in [1.807, 2.05) is 37.8 Å². The average molecular weight is 292 g/mol. The van der Waals surface area contributed by atoms with Crippen molar-refractivity contribution in [2.75, 3.05) is 7.05 Å². The molecule has 0 saturated heterocycles. The van der Waals surface area contributed by atoms with Crippen molar-refractivity contribution in [2.45, 2.75) is 32.0 Å². The van der Waals surface area contributed by atoms with E-state index in [0.717, 1.165) is 23.6 Å². The van der Waals surface area contributed by atoms with E-state index in [-0.39, 0.29) is 0 Å². The molecule has 1 aliphatic rings. The van der Waals surface area contributed by atoms with Gasteiger partial charge in [-0.05, 0) is 37.6 Å². The predicted molar refractivity (Wildman–Crippen MR) is 79.0 cm³/mol. The lowest BCUT2D eigenvalue weighted by atomic mass is 10.2. The second-order valence-electron chi connectivity index (χ2n) is 5.11. The zero-order valence-corrected chi connectivity index (χ0v) is 12.2. The van der Waals surface area contributed by atoms with E-state index in [1.54, 1.807) is 0 Å². The van der Waals surface area contributed by atoms with Crippen LogP contribution in [0.4, 0.5) is 0 Å². The van der Waals surface area contributed by atoms with Crippen LogP contribution in [0.1, 0.15) is 30.1 Å². The van der Waals surface area contributed by atoms with E-state index in [4.69, 9.17) is 16.3 Å². The molecule has 106 valence electrons. The molecule has 5 heteroatoms. The van der Waals surface area contributed by atoms with Gasteiger partial charge in [0.25, 0.3) is 0 Å². The maximum atomic E-state index is 6.24. The minimum absolute atomic E-state index is 0.502. The lowest BCUT2D eigenvalue weighted by Crippen LogP contribution is -2.06. The van der Waals surface area contributed by atoms with Gasteiger partial charge in [-0.1, -0.05) is 17.7 Å². The second-order valence-corrected chi connectivity index (χ2v) is 5.51. The molecule has 3 rings (SSSR count). The SMILES string of the molecule is CNCc1ccc(OCc2cncn2C2CC2)c(Cl)c1. The van der Waals surface area contributed by atoms with E-state index >= 15 is 0 Å². The van der Waals surface area contributed by atoms with E-state index in [0.29, 0.717) is 17.7 Å². The maximum absolute atomic E-state index is 6.24. The Bertz CT molecular complexity index is 593. The highest BCUT2D eigenvalue weighted by atomic mass is 35.5. The van der Waals surface area contributed by atoms with Crippen molar-refractivity contribution in [1.29, 1.82) is 0 Å². The highest BCUT2D eigenvalue weighted by molar-refractivity contribution is 6.32. The van der Waals surface area contributed by atoms with Gasteiger partial charge >= 0.3 is 0 Å². The van der Waals surface area contributed by atoms with Crippen molar-refractivity contribution >= 4 is 11.6 Å². The molecule has 1 aromatic carbocycles. The number of halogens is 1. The van der Waals surface area contributed by atoms with Crippen molar-refractivity contribution < 1.29 is 4.74 Å². The van der Waals surface area contributed by atoms with E-state index in [9.17, 15) is 0 Å². The molecule has 1 aromatic heterocycles. The average Bonchev–Trinajstić information content (AvgIpc) is 3.17. The van der Waals surface area contributed by atoms with Crippen LogP contribution in [-0.4, -0.2) is 16.6 Å². The smallest absolute Gasteiger partial charge is 0.138 e. The monoisotopic (exact) mass is 291 g/mol. The van der Waals surface area contributed by atoms with Crippen molar-refractivity contribution in [1.82, 2.24) is 14.9 Å². The molecular formula is C15H18ClN3O. The number of nitrogens with one attached hydrogen (secondary N) is 1. The van der Waals surface area contributed by atoms with Gasteiger partial charge in [-0.2, -0.15) is 0 Å². The summed E-state index contributed by atoms with van der Waals surface area (Å²) in [5.41, 5.74) is 2.25. The summed E-state index contributed by atoms with van der Waals surface area (Å²) >= 11 is 6.24. The van der Waals surface area contributed by atoms with Crippen LogP contribution in [0.25, 0.3) is 0 Å². The Hall–Kier alpha value is -1.52. The fourth-order valence-corrected chi connectivity index (χ4v) is 2.51. The van der Waals surface area contributed by atoms with E-state index in [2.05, 4.69) is 14.9 Å². The zero-order chi connectivity index (χ0) is 13.9. The van der Waals surface area contributed by atoms with Gasteiger partial charge in [0.2, 0.25) is 0 Å². The molecule has 0 spiro atoms. The van der Waals surface area contributed by atoms with Crippen molar-refractivity contribution in [3.8, 4) is 5.75 Å². The maximum Gasteiger partial charge on any atom is 0.138 e. The predicted octanol–water partition coefficient (Wildman–Crippen LogP) is 3.17. The zero-order valence-electron chi connectivity index (χ0n) is 11.5. The lowest BCUT2D eigenvalue weighted by molar-refractivity contribution is 0.295. The molecule has 0 radical (unpaired) electrons. The first-order chi connectivity index (χ1) is 9.78.